The Morgan fingerprint density at radius 2 is 2.08 bits per heavy atom. The number of aromatic nitrogens is 4. The molecule has 0 spiro atoms. The zero-order chi connectivity index (χ0) is 18.1. The first kappa shape index (κ1) is 16.8. The highest BCUT2D eigenvalue weighted by molar-refractivity contribution is 7.98. The van der Waals surface area contributed by atoms with E-state index in [9.17, 15) is 4.79 Å². The second-order valence-corrected chi connectivity index (χ2v) is 7.23. The molecule has 7 nitrogen and oxygen atoms in total. The third kappa shape index (κ3) is 3.23. The molecule has 0 fully saturated rings. The van der Waals surface area contributed by atoms with Crippen LogP contribution in [0.3, 0.4) is 0 Å². The zero-order valence-corrected chi connectivity index (χ0v) is 15.6. The van der Waals surface area contributed by atoms with Crippen molar-refractivity contribution in [1.29, 1.82) is 0 Å². The van der Waals surface area contributed by atoms with Crippen molar-refractivity contribution in [2.24, 2.45) is 0 Å². The molecule has 0 atom stereocenters. The fourth-order valence-electron chi connectivity index (χ4n) is 2.43. The van der Waals surface area contributed by atoms with Gasteiger partial charge in [0.25, 0.3) is 10.8 Å². The maximum absolute atomic E-state index is 12.2. The van der Waals surface area contributed by atoms with E-state index in [-0.39, 0.29) is 5.56 Å². The van der Waals surface area contributed by atoms with Crippen LogP contribution in [0.15, 0.2) is 50.1 Å². The predicted octanol–water partition coefficient (Wildman–Crippen LogP) is 3.42. The van der Waals surface area contributed by atoms with Gasteiger partial charge >= 0.3 is 0 Å². The molecule has 0 bridgehead atoms. The Morgan fingerprint density at radius 1 is 1.27 bits per heavy atom. The van der Waals surface area contributed by atoms with Gasteiger partial charge in [0.15, 0.2) is 4.96 Å². The number of methoxy groups -OCH3 is 1. The van der Waals surface area contributed by atoms with Crippen LogP contribution < -0.4 is 10.3 Å². The first-order chi connectivity index (χ1) is 12.6. The van der Waals surface area contributed by atoms with Crippen molar-refractivity contribution in [1.82, 2.24) is 19.6 Å². The summed E-state index contributed by atoms with van der Waals surface area (Å²) >= 11 is 2.80. The summed E-state index contributed by atoms with van der Waals surface area (Å²) in [5.74, 6) is 1.68. The molecule has 26 heavy (non-hydrogen) atoms. The Labute approximate surface area is 156 Å². The zero-order valence-electron chi connectivity index (χ0n) is 14.0. The van der Waals surface area contributed by atoms with Crippen molar-refractivity contribution < 1.29 is 9.15 Å². The first-order valence-corrected chi connectivity index (χ1v) is 9.58. The van der Waals surface area contributed by atoms with E-state index in [0.29, 0.717) is 27.5 Å². The van der Waals surface area contributed by atoms with Crippen LogP contribution in [-0.4, -0.2) is 26.7 Å². The highest BCUT2D eigenvalue weighted by Gasteiger charge is 2.11. The van der Waals surface area contributed by atoms with Crippen molar-refractivity contribution in [3.63, 3.8) is 0 Å². The molecule has 0 aliphatic heterocycles. The van der Waals surface area contributed by atoms with E-state index in [0.717, 1.165) is 17.0 Å². The molecule has 0 N–H and O–H groups in total. The number of rotatable bonds is 5. The molecule has 0 amide bonds. The Balaban J connectivity index is 1.50. The molecule has 0 unspecified atom stereocenters. The average Bonchev–Trinajstić information content (AvgIpc) is 3.27. The van der Waals surface area contributed by atoms with E-state index in [4.69, 9.17) is 9.15 Å². The standard InChI is InChI=1S/C17H14N4O3S2/c1-10-8-25-16-18-12(7-14(22)21(10)16)9-26-17-20-19-15(24-17)11-3-5-13(23-2)6-4-11/h3-8H,9H2,1-2H3. The second-order valence-electron chi connectivity index (χ2n) is 5.47. The van der Waals surface area contributed by atoms with Gasteiger partial charge in [-0.2, -0.15) is 0 Å². The van der Waals surface area contributed by atoms with Crippen LogP contribution in [0, 0.1) is 6.92 Å². The molecule has 4 rings (SSSR count). The molecule has 0 saturated carbocycles. The normalized spacial score (nSPS) is 11.2. The lowest BCUT2D eigenvalue weighted by molar-refractivity contribution is 0.414. The van der Waals surface area contributed by atoms with Crippen LogP contribution in [0.25, 0.3) is 16.4 Å². The molecule has 3 aromatic heterocycles. The summed E-state index contributed by atoms with van der Waals surface area (Å²) < 4.78 is 12.4. The molecular weight excluding hydrogens is 372 g/mol. The van der Waals surface area contributed by atoms with Gasteiger partial charge in [-0.05, 0) is 31.2 Å². The van der Waals surface area contributed by atoms with Crippen molar-refractivity contribution in [2.45, 2.75) is 17.9 Å². The smallest absolute Gasteiger partial charge is 0.277 e. The van der Waals surface area contributed by atoms with Gasteiger partial charge in [-0.1, -0.05) is 11.8 Å². The van der Waals surface area contributed by atoms with Gasteiger partial charge < -0.3 is 9.15 Å². The predicted molar refractivity (Wildman–Crippen MR) is 99.9 cm³/mol. The third-order valence-electron chi connectivity index (χ3n) is 3.72. The minimum atomic E-state index is -0.0752. The molecule has 0 radical (unpaired) electrons. The number of nitrogens with zero attached hydrogens (tertiary/aromatic N) is 4. The van der Waals surface area contributed by atoms with E-state index >= 15 is 0 Å². The van der Waals surface area contributed by atoms with Gasteiger partial charge in [-0.3, -0.25) is 9.20 Å². The highest BCUT2D eigenvalue weighted by Crippen LogP contribution is 2.26. The van der Waals surface area contributed by atoms with E-state index in [1.54, 1.807) is 17.6 Å². The van der Waals surface area contributed by atoms with Gasteiger partial charge in [0.1, 0.15) is 5.75 Å². The number of thiazole rings is 1. The van der Waals surface area contributed by atoms with Crippen LogP contribution in [-0.2, 0) is 5.75 Å². The third-order valence-corrected chi connectivity index (χ3v) is 5.51. The van der Waals surface area contributed by atoms with Crippen LogP contribution in [0.2, 0.25) is 0 Å². The lowest BCUT2D eigenvalue weighted by atomic mass is 10.2. The van der Waals surface area contributed by atoms with E-state index in [1.165, 1.54) is 23.1 Å². The number of hydrogen-bond acceptors (Lipinski definition) is 8. The number of ether oxygens (including phenoxy) is 1. The number of thioether (sulfide) groups is 1. The fraction of sp³-hybridized carbons (Fsp3) is 0.176. The van der Waals surface area contributed by atoms with Crippen molar-refractivity contribution in [3.8, 4) is 17.2 Å². The van der Waals surface area contributed by atoms with E-state index in [1.807, 2.05) is 36.6 Å². The van der Waals surface area contributed by atoms with Crippen LogP contribution in [0.1, 0.15) is 11.4 Å². The average molecular weight is 386 g/mol. The largest absolute Gasteiger partial charge is 0.497 e. The first-order valence-electron chi connectivity index (χ1n) is 7.71. The Bertz CT molecular complexity index is 1120. The molecule has 1 aromatic carbocycles. The van der Waals surface area contributed by atoms with Gasteiger partial charge in [0.05, 0.1) is 12.8 Å². The number of hydrogen-bond donors (Lipinski definition) is 0. The van der Waals surface area contributed by atoms with Crippen LogP contribution in [0.5, 0.6) is 5.75 Å². The minimum absolute atomic E-state index is 0.0752. The molecule has 0 aliphatic rings. The van der Waals surface area contributed by atoms with Crippen molar-refractivity contribution >= 4 is 28.1 Å². The van der Waals surface area contributed by atoms with Crippen molar-refractivity contribution in [2.75, 3.05) is 7.11 Å². The molecule has 0 aliphatic carbocycles. The maximum atomic E-state index is 12.2. The van der Waals surface area contributed by atoms with Crippen molar-refractivity contribution in [3.05, 3.63) is 57.5 Å². The lowest BCUT2D eigenvalue weighted by Gasteiger charge is -2.00. The van der Waals surface area contributed by atoms with Crippen LogP contribution in [0.4, 0.5) is 0 Å². The van der Waals surface area contributed by atoms with E-state index in [2.05, 4.69) is 15.2 Å². The summed E-state index contributed by atoms with van der Waals surface area (Å²) in [6.07, 6.45) is 0. The number of benzene rings is 1. The number of aryl methyl sites for hydroxylation is 1. The molecule has 3 heterocycles. The fourth-order valence-corrected chi connectivity index (χ4v) is 3.98. The summed E-state index contributed by atoms with van der Waals surface area (Å²) in [5, 5.41) is 10.5. The maximum Gasteiger partial charge on any atom is 0.277 e. The molecule has 4 aromatic rings. The topological polar surface area (TPSA) is 82.5 Å². The summed E-state index contributed by atoms with van der Waals surface area (Å²) in [7, 11) is 1.62. The Hall–Kier alpha value is -2.65. The molecule has 9 heteroatoms. The quantitative estimate of drug-likeness (QED) is 0.486. The summed E-state index contributed by atoms with van der Waals surface area (Å²) in [6, 6.07) is 8.93. The monoisotopic (exact) mass is 386 g/mol. The SMILES string of the molecule is COc1ccc(-c2nnc(SCc3cc(=O)n4c(C)csc4n3)o2)cc1. The minimum Gasteiger partial charge on any atom is -0.497 e. The van der Waals surface area contributed by atoms with Gasteiger partial charge in [0, 0.05) is 28.5 Å². The summed E-state index contributed by atoms with van der Waals surface area (Å²) in [4.78, 5) is 17.4. The van der Waals surface area contributed by atoms with Gasteiger partial charge in [-0.15, -0.1) is 21.5 Å². The summed E-state index contributed by atoms with van der Waals surface area (Å²) in [5.41, 5.74) is 2.32. The number of fused-ring (bicyclic) bond motifs is 1. The van der Waals surface area contributed by atoms with E-state index < -0.39 is 0 Å². The van der Waals surface area contributed by atoms with Gasteiger partial charge in [0.2, 0.25) is 5.89 Å². The molecular formula is C17H14N4O3S2. The highest BCUT2D eigenvalue weighted by atomic mass is 32.2. The lowest BCUT2D eigenvalue weighted by Crippen LogP contribution is -2.14. The Morgan fingerprint density at radius 3 is 2.85 bits per heavy atom. The Kier molecular flexibility index (Phi) is 4.48. The summed E-state index contributed by atoms with van der Waals surface area (Å²) in [6.45, 7) is 1.89. The second kappa shape index (κ2) is 6.93. The van der Waals surface area contributed by atoms with Crippen LogP contribution >= 0.6 is 23.1 Å². The molecule has 0 saturated heterocycles. The molecule has 132 valence electrons. The van der Waals surface area contributed by atoms with Gasteiger partial charge in [-0.25, -0.2) is 4.98 Å².